The quantitative estimate of drug-likeness (QED) is 0.804. The van der Waals surface area contributed by atoms with E-state index in [2.05, 4.69) is 23.2 Å². The molecule has 1 aromatic carbocycles. The summed E-state index contributed by atoms with van der Waals surface area (Å²) in [5.41, 5.74) is 5.42. The highest BCUT2D eigenvalue weighted by Crippen LogP contribution is 2.31. The first-order chi connectivity index (χ1) is 10.7. The summed E-state index contributed by atoms with van der Waals surface area (Å²) in [5, 5.41) is 11.1. The summed E-state index contributed by atoms with van der Waals surface area (Å²) in [7, 11) is 0. The molecule has 2 aromatic heterocycles. The number of benzene rings is 1. The number of carbonyl (C=O) groups is 1. The Bertz CT molecular complexity index is 863. The molecule has 22 heavy (non-hydrogen) atoms. The van der Waals surface area contributed by atoms with Crippen LogP contribution in [0.5, 0.6) is 0 Å². The zero-order chi connectivity index (χ0) is 15.1. The number of hydrogen-bond acceptors (Lipinski definition) is 3. The molecular weight excluding hydrogens is 296 g/mol. The van der Waals surface area contributed by atoms with E-state index in [1.807, 2.05) is 16.0 Å². The second kappa shape index (κ2) is 5.25. The number of rotatable bonds is 3. The summed E-state index contributed by atoms with van der Waals surface area (Å²) >= 11 is 1.53. The Morgan fingerprint density at radius 2 is 2.09 bits per heavy atom. The second-order valence-corrected chi connectivity index (χ2v) is 6.60. The van der Waals surface area contributed by atoms with Gasteiger partial charge >= 0.3 is 5.97 Å². The Hall–Kier alpha value is -2.14. The van der Waals surface area contributed by atoms with Gasteiger partial charge in [0.15, 0.2) is 4.96 Å². The number of aromatic nitrogens is 2. The maximum atomic E-state index is 11.2. The summed E-state index contributed by atoms with van der Waals surface area (Å²) in [6.07, 6.45) is 6.64. The third-order valence-corrected chi connectivity index (χ3v) is 5.06. The lowest BCUT2D eigenvalue weighted by molar-refractivity contribution is -0.136. The van der Waals surface area contributed by atoms with Crippen LogP contribution >= 0.6 is 11.3 Å². The fourth-order valence-electron chi connectivity index (χ4n) is 3.26. The molecule has 3 aromatic rings. The largest absolute Gasteiger partial charge is 0.481 e. The fraction of sp³-hybridized carbons (Fsp3) is 0.294. The van der Waals surface area contributed by atoms with Gasteiger partial charge in [-0.05, 0) is 42.9 Å². The molecule has 1 N–H and O–H groups in total. The predicted octanol–water partition coefficient (Wildman–Crippen LogP) is 3.57. The monoisotopic (exact) mass is 312 g/mol. The van der Waals surface area contributed by atoms with Crippen LogP contribution < -0.4 is 0 Å². The van der Waals surface area contributed by atoms with Gasteiger partial charge in [-0.3, -0.25) is 9.20 Å². The Kier molecular flexibility index (Phi) is 3.22. The molecule has 0 atom stereocenters. The minimum atomic E-state index is -0.827. The fourth-order valence-corrected chi connectivity index (χ4v) is 3.99. The number of imidazole rings is 1. The number of fused-ring (bicyclic) bond motifs is 2. The molecule has 2 heterocycles. The molecule has 0 amide bonds. The lowest BCUT2D eigenvalue weighted by atomic mass is 9.89. The van der Waals surface area contributed by atoms with Crippen molar-refractivity contribution in [3.05, 3.63) is 46.6 Å². The molecule has 5 heteroatoms. The molecule has 0 bridgehead atoms. The topological polar surface area (TPSA) is 54.6 Å². The standard InChI is InChI=1S/C17H16N2O2S/c20-15(21)10-14-16(18-17-19(14)7-8-22-17)13-6-5-11-3-1-2-4-12(11)9-13/h5-9H,1-4,10H2,(H,20,21). The van der Waals surface area contributed by atoms with E-state index in [-0.39, 0.29) is 6.42 Å². The molecule has 0 fully saturated rings. The van der Waals surface area contributed by atoms with E-state index in [0.29, 0.717) is 0 Å². The number of carboxylic acids is 1. The zero-order valence-corrected chi connectivity index (χ0v) is 12.9. The lowest BCUT2D eigenvalue weighted by Crippen LogP contribution is -2.05. The van der Waals surface area contributed by atoms with Crippen molar-refractivity contribution < 1.29 is 9.90 Å². The van der Waals surface area contributed by atoms with Gasteiger partial charge in [-0.1, -0.05) is 12.1 Å². The molecule has 0 radical (unpaired) electrons. The molecule has 0 spiro atoms. The highest BCUT2D eigenvalue weighted by Gasteiger charge is 2.19. The van der Waals surface area contributed by atoms with E-state index >= 15 is 0 Å². The maximum Gasteiger partial charge on any atom is 0.309 e. The molecule has 112 valence electrons. The van der Waals surface area contributed by atoms with E-state index in [1.54, 1.807) is 0 Å². The van der Waals surface area contributed by atoms with Crippen LogP contribution in [0.25, 0.3) is 16.2 Å². The summed E-state index contributed by atoms with van der Waals surface area (Å²) in [6.45, 7) is 0. The molecule has 0 saturated heterocycles. The number of aliphatic carboxylic acids is 1. The lowest BCUT2D eigenvalue weighted by Gasteiger charge is -2.16. The summed E-state index contributed by atoms with van der Waals surface area (Å²) in [6, 6.07) is 6.47. The number of aryl methyl sites for hydroxylation is 2. The van der Waals surface area contributed by atoms with Crippen LogP contribution in [-0.2, 0) is 24.1 Å². The van der Waals surface area contributed by atoms with Crippen molar-refractivity contribution in [1.82, 2.24) is 9.38 Å². The SMILES string of the molecule is O=C(O)Cc1c(-c2ccc3c(c2)CCCC3)nc2sccn12. The molecule has 0 saturated carbocycles. The smallest absolute Gasteiger partial charge is 0.309 e. The first-order valence-corrected chi connectivity index (χ1v) is 8.39. The van der Waals surface area contributed by atoms with Crippen molar-refractivity contribution in [3.8, 4) is 11.3 Å². The Balaban J connectivity index is 1.86. The van der Waals surface area contributed by atoms with Gasteiger partial charge < -0.3 is 5.11 Å². The van der Waals surface area contributed by atoms with Crippen molar-refractivity contribution >= 4 is 22.3 Å². The van der Waals surface area contributed by atoms with Crippen molar-refractivity contribution in [2.45, 2.75) is 32.1 Å². The minimum absolute atomic E-state index is 0.00961. The highest BCUT2D eigenvalue weighted by molar-refractivity contribution is 7.15. The molecule has 1 aliphatic rings. The molecule has 0 unspecified atom stereocenters. The van der Waals surface area contributed by atoms with Gasteiger partial charge in [0.05, 0.1) is 17.8 Å². The Morgan fingerprint density at radius 1 is 1.27 bits per heavy atom. The van der Waals surface area contributed by atoms with Gasteiger partial charge in [-0.2, -0.15) is 0 Å². The first kappa shape index (κ1) is 13.5. The number of hydrogen-bond donors (Lipinski definition) is 1. The average molecular weight is 312 g/mol. The number of nitrogens with zero attached hydrogens (tertiary/aromatic N) is 2. The predicted molar refractivity (Wildman–Crippen MR) is 86.5 cm³/mol. The van der Waals surface area contributed by atoms with Gasteiger partial charge in [0.25, 0.3) is 0 Å². The van der Waals surface area contributed by atoms with Gasteiger partial charge in [0.1, 0.15) is 0 Å². The number of carboxylic acid groups (broad SMARTS) is 1. The normalized spacial score (nSPS) is 14.2. The molecule has 4 nitrogen and oxygen atoms in total. The van der Waals surface area contributed by atoms with Crippen LogP contribution in [0, 0.1) is 0 Å². The summed E-state index contributed by atoms with van der Waals surface area (Å²) in [4.78, 5) is 16.7. The van der Waals surface area contributed by atoms with E-state index in [0.717, 1.165) is 34.8 Å². The maximum absolute atomic E-state index is 11.2. The molecule has 1 aliphatic carbocycles. The van der Waals surface area contributed by atoms with Crippen LogP contribution in [0.15, 0.2) is 29.8 Å². The van der Waals surface area contributed by atoms with Crippen LogP contribution in [0.1, 0.15) is 29.7 Å². The van der Waals surface area contributed by atoms with E-state index in [4.69, 9.17) is 0 Å². The molecule has 0 aliphatic heterocycles. The van der Waals surface area contributed by atoms with Crippen LogP contribution in [-0.4, -0.2) is 20.5 Å². The van der Waals surface area contributed by atoms with Gasteiger partial charge in [-0.25, -0.2) is 4.98 Å². The average Bonchev–Trinajstić information content (AvgIpc) is 3.09. The van der Waals surface area contributed by atoms with Crippen LogP contribution in [0.3, 0.4) is 0 Å². The first-order valence-electron chi connectivity index (χ1n) is 7.51. The van der Waals surface area contributed by atoms with Crippen LogP contribution in [0.2, 0.25) is 0 Å². The minimum Gasteiger partial charge on any atom is -0.481 e. The molecular formula is C17H16N2O2S. The van der Waals surface area contributed by atoms with Crippen molar-refractivity contribution in [2.75, 3.05) is 0 Å². The molecule has 4 rings (SSSR count). The van der Waals surface area contributed by atoms with Gasteiger partial charge in [0.2, 0.25) is 0 Å². The third-order valence-electron chi connectivity index (χ3n) is 4.30. The summed E-state index contributed by atoms with van der Waals surface area (Å²) in [5.74, 6) is -0.827. The van der Waals surface area contributed by atoms with Crippen molar-refractivity contribution in [2.24, 2.45) is 0 Å². The summed E-state index contributed by atoms with van der Waals surface area (Å²) < 4.78 is 1.90. The Labute approximate surface area is 132 Å². The van der Waals surface area contributed by atoms with E-state index in [9.17, 15) is 9.90 Å². The highest BCUT2D eigenvalue weighted by atomic mass is 32.1. The van der Waals surface area contributed by atoms with E-state index in [1.165, 1.54) is 35.3 Å². The van der Waals surface area contributed by atoms with E-state index < -0.39 is 5.97 Å². The zero-order valence-electron chi connectivity index (χ0n) is 12.1. The van der Waals surface area contributed by atoms with Gasteiger partial charge in [-0.15, -0.1) is 11.3 Å². The number of thiazole rings is 1. The third kappa shape index (κ3) is 2.22. The van der Waals surface area contributed by atoms with Crippen molar-refractivity contribution in [3.63, 3.8) is 0 Å². The second-order valence-electron chi connectivity index (χ2n) is 5.72. The Morgan fingerprint density at radius 3 is 2.91 bits per heavy atom. The van der Waals surface area contributed by atoms with Crippen molar-refractivity contribution in [1.29, 1.82) is 0 Å². The van der Waals surface area contributed by atoms with Crippen LogP contribution in [0.4, 0.5) is 0 Å². The van der Waals surface area contributed by atoms with Gasteiger partial charge in [0, 0.05) is 17.1 Å².